The summed E-state index contributed by atoms with van der Waals surface area (Å²) < 4.78 is 4.55. The zero-order valence-corrected chi connectivity index (χ0v) is 5.79. The van der Waals surface area contributed by atoms with Gasteiger partial charge in [0, 0.05) is 44.2 Å². The molecule has 2 nitrogen and oxygen atoms in total. The molecular formula is C5H10ArO2. The van der Waals surface area contributed by atoms with Crippen molar-refractivity contribution in [2.45, 2.75) is 20.3 Å². The van der Waals surface area contributed by atoms with Crippen LogP contribution in [0.15, 0.2) is 0 Å². The standard InChI is InChI=1S/C5H10O2.Ar/c1-3-5(6)7-4-2;/h3-4H2,1-2H3;. The second-order valence-corrected chi connectivity index (χ2v) is 1.16. The van der Waals surface area contributed by atoms with Crippen molar-refractivity contribution in [1.29, 1.82) is 0 Å². The van der Waals surface area contributed by atoms with Crippen molar-refractivity contribution in [2.24, 2.45) is 0 Å². The Hall–Kier alpha value is 0.730. The van der Waals surface area contributed by atoms with Gasteiger partial charge in [-0.2, -0.15) is 0 Å². The van der Waals surface area contributed by atoms with Crippen molar-refractivity contribution in [3.8, 4) is 0 Å². The van der Waals surface area contributed by atoms with Crippen molar-refractivity contribution in [3.05, 3.63) is 0 Å². The summed E-state index contributed by atoms with van der Waals surface area (Å²) in [5.74, 6) is -0.123. The number of hydrogen-bond donors (Lipinski definition) is 0. The molecule has 8 heavy (non-hydrogen) atoms. The SMILES string of the molecule is CCOC(=O)CC.[Ar]. The predicted octanol–water partition coefficient (Wildman–Crippen LogP) is 0.960. The molecule has 50 valence electrons. The van der Waals surface area contributed by atoms with Crippen LogP contribution in [0.2, 0.25) is 0 Å². The van der Waals surface area contributed by atoms with Crippen LogP contribution in [0.5, 0.6) is 0 Å². The molecule has 0 radical (unpaired) electrons. The number of carbonyl (C=O) groups excluding carboxylic acids is 1. The number of esters is 1. The molecule has 0 spiro atoms. The van der Waals surface area contributed by atoms with E-state index >= 15 is 0 Å². The van der Waals surface area contributed by atoms with E-state index in [0.717, 1.165) is 0 Å². The fourth-order valence-corrected chi connectivity index (χ4v) is 0.263. The molecule has 0 amide bonds. The van der Waals surface area contributed by atoms with Crippen LogP contribution in [0.25, 0.3) is 0 Å². The Bertz CT molecular complexity index is 63.4. The van der Waals surface area contributed by atoms with Crippen LogP contribution in [0.4, 0.5) is 0 Å². The first-order chi connectivity index (χ1) is 3.31. The summed E-state index contributed by atoms with van der Waals surface area (Å²) in [6.07, 6.45) is 0.480. The number of rotatable bonds is 2. The van der Waals surface area contributed by atoms with Gasteiger partial charge in [0.15, 0.2) is 0 Å². The molecule has 0 aliphatic carbocycles. The van der Waals surface area contributed by atoms with Gasteiger partial charge in [0.1, 0.15) is 0 Å². The van der Waals surface area contributed by atoms with E-state index in [-0.39, 0.29) is 43.7 Å². The van der Waals surface area contributed by atoms with Crippen LogP contribution in [0, 0.1) is 37.7 Å². The number of hydrogen-bond acceptors (Lipinski definition) is 2. The van der Waals surface area contributed by atoms with Gasteiger partial charge in [-0.3, -0.25) is 4.79 Å². The predicted molar refractivity (Wildman–Crippen MR) is 26.9 cm³/mol. The third kappa shape index (κ3) is 6.73. The molecule has 0 bridgehead atoms. The van der Waals surface area contributed by atoms with Crippen molar-refractivity contribution < 1.29 is 47.3 Å². The molecule has 0 saturated carbocycles. The minimum atomic E-state index is -0.123. The molecular weight excluding hydrogens is 132 g/mol. The maximum absolute atomic E-state index is 10.2. The molecule has 0 aliphatic rings. The average molecular weight is 142 g/mol. The van der Waals surface area contributed by atoms with Crippen LogP contribution < -0.4 is 0 Å². The normalized spacial score (nSPS) is 7.25. The first-order valence-corrected chi connectivity index (χ1v) is 2.46. The van der Waals surface area contributed by atoms with Crippen molar-refractivity contribution in [3.63, 3.8) is 0 Å². The number of ether oxygens (including phenoxy) is 1. The Morgan fingerprint density at radius 1 is 1.50 bits per heavy atom. The van der Waals surface area contributed by atoms with Gasteiger partial charge in [0.2, 0.25) is 0 Å². The molecule has 0 aromatic heterocycles. The molecule has 0 rings (SSSR count). The van der Waals surface area contributed by atoms with Crippen LogP contribution >= 0.6 is 0 Å². The Morgan fingerprint density at radius 2 is 2.00 bits per heavy atom. The zero-order valence-electron chi connectivity index (χ0n) is 5.08. The average Bonchev–Trinajstić information content (AvgIpc) is 1.68. The summed E-state index contributed by atoms with van der Waals surface area (Å²) in [5.41, 5.74) is 0. The van der Waals surface area contributed by atoms with Gasteiger partial charge in [0.25, 0.3) is 0 Å². The van der Waals surface area contributed by atoms with Crippen molar-refractivity contribution in [1.82, 2.24) is 0 Å². The van der Waals surface area contributed by atoms with Gasteiger partial charge in [-0.05, 0) is 6.92 Å². The summed E-state index contributed by atoms with van der Waals surface area (Å²) in [6, 6.07) is 0. The largest absolute Gasteiger partial charge is 0.466 e. The molecule has 0 aromatic carbocycles. The van der Waals surface area contributed by atoms with Gasteiger partial charge in [-0.1, -0.05) is 6.92 Å². The topological polar surface area (TPSA) is 26.3 Å². The Balaban J connectivity index is 0. The second-order valence-electron chi connectivity index (χ2n) is 1.16. The van der Waals surface area contributed by atoms with E-state index in [9.17, 15) is 4.79 Å². The molecule has 0 fully saturated rings. The fraction of sp³-hybridized carbons (Fsp3) is 0.800. The molecule has 0 aliphatic heterocycles. The second kappa shape index (κ2) is 7.73. The van der Waals surface area contributed by atoms with Gasteiger partial charge in [0.05, 0.1) is 6.61 Å². The van der Waals surface area contributed by atoms with Crippen molar-refractivity contribution in [2.75, 3.05) is 6.61 Å². The summed E-state index contributed by atoms with van der Waals surface area (Å²) in [7, 11) is 0. The minimum absolute atomic E-state index is 0. The monoisotopic (exact) mass is 142 g/mol. The minimum Gasteiger partial charge on any atom is -0.466 e. The van der Waals surface area contributed by atoms with Crippen LogP contribution in [-0.4, -0.2) is 12.6 Å². The summed E-state index contributed by atoms with van der Waals surface area (Å²) in [5, 5.41) is 0. The van der Waals surface area contributed by atoms with Gasteiger partial charge in [-0.15, -0.1) is 0 Å². The Morgan fingerprint density at radius 3 is 2.12 bits per heavy atom. The molecule has 0 aromatic rings. The van der Waals surface area contributed by atoms with Gasteiger partial charge >= 0.3 is 5.97 Å². The Labute approximate surface area is 79.6 Å². The van der Waals surface area contributed by atoms with E-state index in [4.69, 9.17) is 0 Å². The quantitative estimate of drug-likeness (QED) is 0.537. The third-order valence-electron chi connectivity index (χ3n) is 0.594. The first kappa shape index (κ1) is 11.5. The van der Waals surface area contributed by atoms with E-state index < -0.39 is 0 Å². The molecule has 0 saturated heterocycles. The zero-order chi connectivity index (χ0) is 5.70. The molecule has 0 atom stereocenters. The van der Waals surface area contributed by atoms with E-state index in [1.54, 1.807) is 13.8 Å². The summed E-state index contributed by atoms with van der Waals surface area (Å²) in [6.45, 7) is 4.07. The summed E-state index contributed by atoms with van der Waals surface area (Å²) >= 11 is 0. The Kier molecular flexibility index (Phi) is 11.1. The molecule has 0 N–H and O–H groups in total. The molecule has 3 heteroatoms. The van der Waals surface area contributed by atoms with Gasteiger partial charge < -0.3 is 4.74 Å². The fourth-order valence-electron chi connectivity index (χ4n) is 0.263. The molecule has 0 unspecified atom stereocenters. The van der Waals surface area contributed by atoms with E-state index in [1.165, 1.54) is 0 Å². The van der Waals surface area contributed by atoms with E-state index in [2.05, 4.69) is 4.74 Å². The van der Waals surface area contributed by atoms with Crippen LogP contribution in [-0.2, 0) is 9.53 Å². The van der Waals surface area contributed by atoms with Crippen LogP contribution in [0.3, 0.4) is 0 Å². The van der Waals surface area contributed by atoms with Crippen LogP contribution in [0.1, 0.15) is 20.3 Å². The van der Waals surface area contributed by atoms with E-state index in [1.807, 2.05) is 0 Å². The van der Waals surface area contributed by atoms with E-state index in [0.29, 0.717) is 13.0 Å². The molecule has 0 heterocycles. The maximum Gasteiger partial charge on any atom is 0.305 e. The third-order valence-corrected chi connectivity index (χ3v) is 0.594. The number of carbonyl (C=O) groups is 1. The maximum atomic E-state index is 10.2. The summed E-state index contributed by atoms with van der Waals surface area (Å²) in [4.78, 5) is 10.2. The van der Waals surface area contributed by atoms with Crippen molar-refractivity contribution >= 4 is 5.97 Å². The van der Waals surface area contributed by atoms with Gasteiger partial charge in [-0.25, -0.2) is 0 Å². The smallest absolute Gasteiger partial charge is 0.305 e. The first-order valence-electron chi connectivity index (χ1n) is 2.46.